The molecule has 0 aliphatic carbocycles. The zero-order valence-corrected chi connectivity index (χ0v) is 9.83. The van der Waals surface area contributed by atoms with E-state index in [1.54, 1.807) is 0 Å². The summed E-state index contributed by atoms with van der Waals surface area (Å²) in [5, 5.41) is 3.29. The van der Waals surface area contributed by atoms with Crippen molar-refractivity contribution in [3.63, 3.8) is 0 Å². The average molecular weight is 204 g/mol. The van der Waals surface area contributed by atoms with Crippen LogP contribution in [0.5, 0.6) is 0 Å². The van der Waals surface area contributed by atoms with Crippen molar-refractivity contribution in [2.24, 2.45) is 0 Å². The molecule has 2 heteroatoms. The normalized spacial score (nSPS) is 16.9. The molecule has 0 spiro atoms. The van der Waals surface area contributed by atoms with Crippen molar-refractivity contribution in [2.75, 3.05) is 25.0 Å². The minimum atomic E-state index is 0.625. The van der Waals surface area contributed by atoms with Crippen LogP contribution in [0.15, 0.2) is 24.3 Å². The van der Waals surface area contributed by atoms with E-state index in [0.29, 0.717) is 12.0 Å². The molecule has 2 nitrogen and oxygen atoms in total. The second-order valence-corrected chi connectivity index (χ2v) is 4.64. The summed E-state index contributed by atoms with van der Waals surface area (Å²) in [5.41, 5.74) is 2.77. The zero-order chi connectivity index (χ0) is 10.8. The molecule has 0 atom stereocenters. The van der Waals surface area contributed by atoms with Crippen molar-refractivity contribution in [3.05, 3.63) is 29.8 Å². The quantitative estimate of drug-likeness (QED) is 0.812. The van der Waals surface area contributed by atoms with Crippen LogP contribution in [0.1, 0.15) is 25.3 Å². The van der Waals surface area contributed by atoms with Crippen LogP contribution in [0.2, 0.25) is 0 Å². The highest BCUT2D eigenvalue weighted by atomic mass is 15.2. The highest BCUT2D eigenvalue weighted by Gasteiger charge is 2.24. The van der Waals surface area contributed by atoms with Gasteiger partial charge in [-0.3, -0.25) is 0 Å². The van der Waals surface area contributed by atoms with Crippen LogP contribution >= 0.6 is 0 Å². The molecule has 1 aromatic rings. The number of rotatable bonds is 3. The molecular weight excluding hydrogens is 184 g/mol. The Morgan fingerprint density at radius 2 is 1.80 bits per heavy atom. The summed E-state index contributed by atoms with van der Waals surface area (Å²) < 4.78 is 0. The summed E-state index contributed by atoms with van der Waals surface area (Å²) in [6.45, 7) is 6.74. The van der Waals surface area contributed by atoms with Gasteiger partial charge in [-0.2, -0.15) is 0 Å². The Morgan fingerprint density at radius 3 is 2.27 bits per heavy atom. The van der Waals surface area contributed by atoms with Crippen molar-refractivity contribution in [1.29, 1.82) is 0 Å². The van der Waals surface area contributed by atoms with Crippen molar-refractivity contribution >= 4 is 5.69 Å². The first kappa shape index (κ1) is 10.5. The maximum absolute atomic E-state index is 3.29. The fraction of sp³-hybridized carbons (Fsp3) is 0.538. The first-order valence-electron chi connectivity index (χ1n) is 5.73. The average Bonchev–Trinajstić information content (AvgIpc) is 2.17. The molecule has 1 aromatic carbocycles. The molecule has 1 saturated heterocycles. The summed E-state index contributed by atoms with van der Waals surface area (Å²) in [6.07, 6.45) is 0. The summed E-state index contributed by atoms with van der Waals surface area (Å²) in [6, 6.07) is 9.64. The van der Waals surface area contributed by atoms with Crippen LogP contribution in [0.25, 0.3) is 0 Å². The number of likely N-dealkylation sites (N-methyl/N-ethyl adjacent to an activating group) is 1. The Labute approximate surface area is 92.3 Å². The molecular formula is C13H20N2. The van der Waals surface area contributed by atoms with Gasteiger partial charge in [0.2, 0.25) is 0 Å². The van der Waals surface area contributed by atoms with Crippen molar-refractivity contribution < 1.29 is 0 Å². The Hall–Kier alpha value is -1.02. The van der Waals surface area contributed by atoms with Crippen molar-refractivity contribution in [3.8, 4) is 0 Å². The van der Waals surface area contributed by atoms with Gasteiger partial charge in [-0.25, -0.2) is 0 Å². The molecule has 1 fully saturated rings. The molecule has 0 amide bonds. The molecule has 0 unspecified atom stereocenters. The minimum absolute atomic E-state index is 0.625. The fourth-order valence-corrected chi connectivity index (χ4v) is 1.94. The van der Waals surface area contributed by atoms with Gasteiger partial charge in [-0.05, 0) is 30.7 Å². The number of anilines is 1. The predicted octanol–water partition coefficient (Wildman–Crippen LogP) is 2.22. The molecule has 0 bridgehead atoms. The predicted molar refractivity (Wildman–Crippen MR) is 65.6 cm³/mol. The Bertz CT molecular complexity index is 310. The van der Waals surface area contributed by atoms with Crippen LogP contribution in [0.4, 0.5) is 5.69 Å². The Kier molecular flexibility index (Phi) is 2.96. The van der Waals surface area contributed by atoms with Gasteiger partial charge in [-0.15, -0.1) is 0 Å². The van der Waals surface area contributed by atoms with E-state index < -0.39 is 0 Å². The zero-order valence-electron chi connectivity index (χ0n) is 9.83. The molecule has 0 aromatic heterocycles. The highest BCUT2D eigenvalue weighted by Crippen LogP contribution is 2.23. The summed E-state index contributed by atoms with van der Waals surface area (Å²) >= 11 is 0. The lowest BCUT2D eigenvalue weighted by Crippen LogP contribution is -2.57. The van der Waals surface area contributed by atoms with Crippen LogP contribution < -0.4 is 10.2 Å². The Balaban J connectivity index is 1.99. The van der Waals surface area contributed by atoms with E-state index in [1.807, 2.05) is 7.05 Å². The number of benzene rings is 1. The van der Waals surface area contributed by atoms with Gasteiger partial charge >= 0.3 is 0 Å². The third kappa shape index (κ3) is 2.15. The molecule has 82 valence electrons. The third-order valence-electron chi connectivity index (χ3n) is 3.21. The van der Waals surface area contributed by atoms with Gasteiger partial charge in [0.1, 0.15) is 0 Å². The van der Waals surface area contributed by atoms with Crippen LogP contribution in [0, 0.1) is 0 Å². The highest BCUT2D eigenvalue weighted by molar-refractivity contribution is 5.50. The third-order valence-corrected chi connectivity index (χ3v) is 3.21. The van der Waals surface area contributed by atoms with Crippen LogP contribution in [0.3, 0.4) is 0 Å². The van der Waals surface area contributed by atoms with Gasteiger partial charge in [0.15, 0.2) is 0 Å². The van der Waals surface area contributed by atoms with Crippen molar-refractivity contribution in [1.82, 2.24) is 5.32 Å². The molecule has 0 radical (unpaired) electrons. The van der Waals surface area contributed by atoms with Gasteiger partial charge in [0, 0.05) is 24.8 Å². The van der Waals surface area contributed by atoms with Gasteiger partial charge < -0.3 is 10.2 Å². The maximum atomic E-state index is 3.29. The fourth-order valence-electron chi connectivity index (χ4n) is 1.94. The number of hydrogen-bond donors (Lipinski definition) is 1. The first-order valence-corrected chi connectivity index (χ1v) is 5.73. The molecule has 1 heterocycles. The largest absolute Gasteiger partial charge is 0.368 e. The first-order chi connectivity index (χ1) is 7.20. The molecule has 1 aliphatic heterocycles. The monoisotopic (exact) mass is 204 g/mol. The lowest BCUT2D eigenvalue weighted by molar-refractivity contribution is 0.450. The lowest BCUT2D eigenvalue weighted by atomic mass is 10.0. The molecule has 0 saturated carbocycles. The SMILES string of the molecule is CNC1CN(c2ccc(C(C)C)cc2)C1. The van der Waals surface area contributed by atoms with E-state index in [2.05, 4.69) is 48.3 Å². The maximum Gasteiger partial charge on any atom is 0.0418 e. The van der Waals surface area contributed by atoms with E-state index >= 15 is 0 Å². The van der Waals surface area contributed by atoms with E-state index in [0.717, 1.165) is 13.1 Å². The van der Waals surface area contributed by atoms with E-state index in [-0.39, 0.29) is 0 Å². The molecule has 1 aliphatic rings. The van der Waals surface area contributed by atoms with Gasteiger partial charge in [0.25, 0.3) is 0 Å². The minimum Gasteiger partial charge on any atom is -0.368 e. The molecule has 1 N–H and O–H groups in total. The van der Waals surface area contributed by atoms with Gasteiger partial charge in [0.05, 0.1) is 0 Å². The Morgan fingerprint density at radius 1 is 1.20 bits per heavy atom. The number of hydrogen-bond acceptors (Lipinski definition) is 2. The summed E-state index contributed by atoms with van der Waals surface area (Å²) in [7, 11) is 2.03. The summed E-state index contributed by atoms with van der Waals surface area (Å²) in [5.74, 6) is 0.625. The van der Waals surface area contributed by atoms with E-state index in [1.165, 1.54) is 11.3 Å². The van der Waals surface area contributed by atoms with Crippen LogP contribution in [-0.2, 0) is 0 Å². The lowest BCUT2D eigenvalue weighted by Gasteiger charge is -2.41. The summed E-state index contributed by atoms with van der Waals surface area (Å²) in [4.78, 5) is 2.41. The van der Waals surface area contributed by atoms with E-state index in [4.69, 9.17) is 0 Å². The number of nitrogens with one attached hydrogen (secondary N) is 1. The van der Waals surface area contributed by atoms with Gasteiger partial charge in [-0.1, -0.05) is 26.0 Å². The standard InChI is InChI=1S/C13H20N2/c1-10(2)11-4-6-13(7-5-11)15-8-12(9-15)14-3/h4-7,10,12,14H,8-9H2,1-3H3. The number of nitrogens with zero attached hydrogens (tertiary/aromatic N) is 1. The molecule has 15 heavy (non-hydrogen) atoms. The topological polar surface area (TPSA) is 15.3 Å². The smallest absolute Gasteiger partial charge is 0.0418 e. The van der Waals surface area contributed by atoms with Crippen molar-refractivity contribution in [2.45, 2.75) is 25.8 Å². The van der Waals surface area contributed by atoms with Crippen LogP contribution in [-0.4, -0.2) is 26.2 Å². The second-order valence-electron chi connectivity index (χ2n) is 4.64. The molecule has 2 rings (SSSR count). The van der Waals surface area contributed by atoms with E-state index in [9.17, 15) is 0 Å². The second kappa shape index (κ2) is 4.23.